The first-order valence-electron chi connectivity index (χ1n) is 8.69. The summed E-state index contributed by atoms with van der Waals surface area (Å²) in [4.78, 5) is 24.7. The minimum atomic E-state index is -0.258. The van der Waals surface area contributed by atoms with Crippen LogP contribution in [0, 0.1) is 6.92 Å². The number of hydrogen-bond acceptors (Lipinski definition) is 4. The predicted molar refractivity (Wildman–Crippen MR) is 105 cm³/mol. The summed E-state index contributed by atoms with van der Waals surface area (Å²) in [6, 6.07) is 14.6. The van der Waals surface area contributed by atoms with Crippen molar-refractivity contribution >= 4 is 22.4 Å². The number of methoxy groups -OCH3 is 1. The Morgan fingerprint density at radius 1 is 1.11 bits per heavy atom. The number of aryl methyl sites for hydroxylation is 1. The van der Waals surface area contributed by atoms with Gasteiger partial charge in [-0.25, -0.2) is 0 Å². The van der Waals surface area contributed by atoms with Gasteiger partial charge in [-0.2, -0.15) is 0 Å². The highest BCUT2D eigenvalue weighted by Crippen LogP contribution is 2.23. The Labute approximate surface area is 157 Å². The van der Waals surface area contributed by atoms with Crippen LogP contribution in [0.5, 0.6) is 5.75 Å². The Kier molecular flexibility index (Phi) is 5.88. The molecule has 0 saturated carbocycles. The van der Waals surface area contributed by atoms with Crippen LogP contribution < -0.4 is 15.6 Å². The Morgan fingerprint density at radius 2 is 1.93 bits per heavy atom. The number of fused-ring (bicyclic) bond motifs is 1. The minimum Gasteiger partial charge on any atom is -0.483 e. The lowest BCUT2D eigenvalue weighted by atomic mass is 10.1. The number of hydrogen-bond donors (Lipinski definition) is 1. The van der Waals surface area contributed by atoms with Crippen LogP contribution in [0.3, 0.4) is 0 Å². The number of ether oxygens (including phenoxy) is 2. The van der Waals surface area contributed by atoms with Crippen molar-refractivity contribution in [2.75, 3.05) is 25.6 Å². The zero-order valence-corrected chi connectivity index (χ0v) is 15.4. The van der Waals surface area contributed by atoms with Crippen molar-refractivity contribution in [3.05, 3.63) is 70.6 Å². The summed E-state index contributed by atoms with van der Waals surface area (Å²) in [5.74, 6) is 0.244. The fourth-order valence-electron chi connectivity index (χ4n) is 2.84. The average molecular weight is 366 g/mol. The van der Waals surface area contributed by atoms with E-state index in [1.165, 1.54) is 0 Å². The highest BCUT2D eigenvalue weighted by atomic mass is 16.5. The van der Waals surface area contributed by atoms with Gasteiger partial charge in [0.15, 0.2) is 6.61 Å². The number of anilines is 1. The Bertz CT molecular complexity index is 1010. The molecule has 0 bridgehead atoms. The minimum absolute atomic E-state index is 0.112. The average Bonchev–Trinajstić information content (AvgIpc) is 2.66. The number of nitrogens with zero attached hydrogens (tertiary/aromatic N) is 1. The van der Waals surface area contributed by atoms with Crippen LogP contribution in [-0.2, 0) is 16.1 Å². The largest absolute Gasteiger partial charge is 0.483 e. The highest BCUT2D eigenvalue weighted by molar-refractivity contribution is 5.93. The smallest absolute Gasteiger partial charge is 0.262 e. The van der Waals surface area contributed by atoms with Crippen LogP contribution in [0.4, 0.5) is 5.69 Å². The van der Waals surface area contributed by atoms with E-state index >= 15 is 0 Å². The maximum Gasteiger partial charge on any atom is 0.262 e. The van der Waals surface area contributed by atoms with Crippen LogP contribution >= 0.6 is 0 Å². The SMILES string of the molecule is COCCn1ccc2c(OCC(=O)Nc3cccc(C)c3)cccc2c1=O. The fourth-order valence-corrected chi connectivity index (χ4v) is 2.84. The molecule has 0 saturated heterocycles. The maximum atomic E-state index is 12.6. The number of pyridine rings is 1. The lowest BCUT2D eigenvalue weighted by Crippen LogP contribution is -2.22. The monoisotopic (exact) mass is 366 g/mol. The molecule has 0 atom stereocenters. The summed E-state index contributed by atoms with van der Waals surface area (Å²) in [5.41, 5.74) is 1.68. The molecule has 6 nitrogen and oxygen atoms in total. The number of aromatic nitrogens is 1. The molecule has 0 aliphatic carbocycles. The molecule has 0 radical (unpaired) electrons. The number of carbonyl (C=O) groups excluding carboxylic acids is 1. The lowest BCUT2D eigenvalue weighted by Gasteiger charge is -2.11. The van der Waals surface area contributed by atoms with E-state index < -0.39 is 0 Å². The van der Waals surface area contributed by atoms with E-state index in [0.717, 1.165) is 11.3 Å². The van der Waals surface area contributed by atoms with E-state index in [2.05, 4.69) is 5.32 Å². The summed E-state index contributed by atoms with van der Waals surface area (Å²) < 4.78 is 12.3. The van der Waals surface area contributed by atoms with Crippen molar-refractivity contribution in [2.24, 2.45) is 0 Å². The van der Waals surface area contributed by atoms with Gasteiger partial charge in [-0.15, -0.1) is 0 Å². The fraction of sp³-hybridized carbons (Fsp3) is 0.238. The Hall–Kier alpha value is -3.12. The van der Waals surface area contributed by atoms with E-state index in [-0.39, 0.29) is 18.1 Å². The zero-order chi connectivity index (χ0) is 19.2. The molecule has 0 fully saturated rings. The second kappa shape index (κ2) is 8.51. The molecule has 1 amide bonds. The molecule has 27 heavy (non-hydrogen) atoms. The molecule has 0 spiro atoms. The van der Waals surface area contributed by atoms with E-state index in [1.807, 2.05) is 37.3 Å². The van der Waals surface area contributed by atoms with Gasteiger partial charge in [-0.1, -0.05) is 18.2 Å². The van der Waals surface area contributed by atoms with Gasteiger partial charge < -0.3 is 19.4 Å². The van der Waals surface area contributed by atoms with E-state index in [1.54, 1.807) is 36.1 Å². The summed E-state index contributed by atoms with van der Waals surface area (Å²) in [6.45, 7) is 2.76. The van der Waals surface area contributed by atoms with E-state index in [9.17, 15) is 9.59 Å². The molecule has 0 aliphatic heterocycles. The lowest BCUT2D eigenvalue weighted by molar-refractivity contribution is -0.118. The molecule has 0 aliphatic rings. The second-order valence-corrected chi connectivity index (χ2v) is 6.23. The van der Waals surface area contributed by atoms with Crippen LogP contribution in [-0.4, -0.2) is 30.8 Å². The van der Waals surface area contributed by atoms with Crippen molar-refractivity contribution in [1.29, 1.82) is 0 Å². The Balaban J connectivity index is 1.74. The number of rotatable bonds is 7. The summed E-state index contributed by atoms with van der Waals surface area (Å²) in [5, 5.41) is 4.03. The first kappa shape index (κ1) is 18.7. The van der Waals surface area contributed by atoms with Crippen LogP contribution in [0.2, 0.25) is 0 Å². The van der Waals surface area contributed by atoms with E-state index in [0.29, 0.717) is 29.7 Å². The molecule has 140 valence electrons. The first-order valence-corrected chi connectivity index (χ1v) is 8.69. The highest BCUT2D eigenvalue weighted by Gasteiger charge is 2.10. The third-order valence-electron chi connectivity index (χ3n) is 4.18. The number of benzene rings is 2. The molecule has 6 heteroatoms. The molecular formula is C21H22N2O4. The van der Waals surface area contributed by atoms with Crippen molar-refractivity contribution < 1.29 is 14.3 Å². The van der Waals surface area contributed by atoms with Gasteiger partial charge in [0.25, 0.3) is 11.5 Å². The Morgan fingerprint density at radius 3 is 2.70 bits per heavy atom. The molecule has 1 aromatic heterocycles. The van der Waals surface area contributed by atoms with Crippen molar-refractivity contribution in [3.63, 3.8) is 0 Å². The van der Waals surface area contributed by atoms with Gasteiger partial charge >= 0.3 is 0 Å². The second-order valence-electron chi connectivity index (χ2n) is 6.23. The molecule has 0 unspecified atom stereocenters. The molecule has 1 N–H and O–H groups in total. The molecule has 3 aromatic rings. The topological polar surface area (TPSA) is 69.6 Å². The van der Waals surface area contributed by atoms with Crippen LogP contribution in [0.15, 0.2) is 59.5 Å². The van der Waals surface area contributed by atoms with Crippen LogP contribution in [0.25, 0.3) is 10.8 Å². The summed E-state index contributed by atoms with van der Waals surface area (Å²) in [7, 11) is 1.60. The molecular weight excluding hydrogens is 344 g/mol. The maximum absolute atomic E-state index is 12.6. The third-order valence-corrected chi connectivity index (χ3v) is 4.18. The number of amides is 1. The van der Waals surface area contributed by atoms with Gasteiger partial charge in [0, 0.05) is 30.9 Å². The normalized spacial score (nSPS) is 10.7. The quantitative estimate of drug-likeness (QED) is 0.698. The number of nitrogens with one attached hydrogen (secondary N) is 1. The number of carbonyl (C=O) groups is 1. The first-order chi connectivity index (χ1) is 13.1. The van der Waals surface area contributed by atoms with Crippen molar-refractivity contribution in [3.8, 4) is 5.75 Å². The van der Waals surface area contributed by atoms with Gasteiger partial charge in [0.05, 0.1) is 12.0 Å². The summed E-state index contributed by atoms with van der Waals surface area (Å²) in [6.07, 6.45) is 1.71. The molecule has 3 rings (SSSR count). The van der Waals surface area contributed by atoms with Gasteiger partial charge in [-0.3, -0.25) is 9.59 Å². The van der Waals surface area contributed by atoms with Gasteiger partial charge in [0.1, 0.15) is 5.75 Å². The van der Waals surface area contributed by atoms with Gasteiger partial charge in [-0.05, 0) is 42.8 Å². The van der Waals surface area contributed by atoms with Crippen molar-refractivity contribution in [1.82, 2.24) is 4.57 Å². The zero-order valence-electron chi connectivity index (χ0n) is 15.4. The molecule has 2 aromatic carbocycles. The predicted octanol–water partition coefficient (Wildman–Crippen LogP) is 2.97. The van der Waals surface area contributed by atoms with E-state index in [4.69, 9.17) is 9.47 Å². The molecule has 1 heterocycles. The standard InChI is InChI=1S/C21H22N2O4/c1-15-5-3-6-16(13-15)22-20(24)14-27-19-8-4-7-18-17(19)9-10-23(21(18)25)11-12-26-2/h3-10,13H,11-12,14H2,1-2H3,(H,22,24). The third kappa shape index (κ3) is 4.54. The van der Waals surface area contributed by atoms with Crippen molar-refractivity contribution in [2.45, 2.75) is 13.5 Å². The van der Waals surface area contributed by atoms with Crippen LogP contribution in [0.1, 0.15) is 5.56 Å². The summed E-state index contributed by atoms with van der Waals surface area (Å²) >= 11 is 0. The van der Waals surface area contributed by atoms with Gasteiger partial charge in [0.2, 0.25) is 0 Å².